The van der Waals surface area contributed by atoms with Crippen molar-refractivity contribution in [3.63, 3.8) is 0 Å². The van der Waals surface area contributed by atoms with Crippen LogP contribution in [0.15, 0.2) is 89.5 Å². The molecule has 0 amide bonds. The van der Waals surface area contributed by atoms with Gasteiger partial charge in [-0.1, -0.05) is 18.2 Å². The molecule has 0 radical (unpaired) electrons. The number of pyridine rings is 1. The van der Waals surface area contributed by atoms with Gasteiger partial charge in [0, 0.05) is 17.4 Å². The number of ether oxygens (including phenoxy) is 1. The second-order valence-electron chi connectivity index (χ2n) is 9.60. The van der Waals surface area contributed by atoms with E-state index in [1.165, 1.54) is 12.8 Å². The number of carboxylic acid groups (broad SMARTS) is 1. The number of anilines is 1. The summed E-state index contributed by atoms with van der Waals surface area (Å²) in [5, 5.41) is 13.4. The Kier molecular flexibility index (Phi) is 6.55. The number of hydrogen-bond donors (Lipinski definition) is 2. The fraction of sp³-hybridized carbons (Fsp3) is 0.233. The molecule has 6 rings (SSSR count). The predicted molar refractivity (Wildman–Crippen MR) is 148 cm³/mol. The van der Waals surface area contributed by atoms with Crippen molar-refractivity contribution in [2.24, 2.45) is 0 Å². The Morgan fingerprint density at radius 1 is 1.03 bits per heavy atom. The molecule has 2 aromatic heterocycles. The topological polar surface area (TPSA) is 87.8 Å². The van der Waals surface area contributed by atoms with Gasteiger partial charge < -0.3 is 24.5 Å². The number of nitrogens with one attached hydrogen (secondary N) is 1. The van der Waals surface area contributed by atoms with E-state index >= 15 is 0 Å². The summed E-state index contributed by atoms with van der Waals surface area (Å²) in [7, 11) is 0. The molecule has 8 heteroatoms. The van der Waals surface area contributed by atoms with E-state index in [1.807, 2.05) is 65.6 Å². The Hall–Kier alpha value is -4.17. The fourth-order valence-corrected chi connectivity index (χ4v) is 5.62. The van der Waals surface area contributed by atoms with Gasteiger partial charge >= 0.3 is 5.97 Å². The van der Waals surface area contributed by atoms with Gasteiger partial charge in [0.2, 0.25) is 0 Å². The van der Waals surface area contributed by atoms with E-state index in [9.17, 15) is 9.90 Å². The Labute approximate surface area is 226 Å². The lowest BCUT2D eigenvalue weighted by Crippen LogP contribution is -2.29. The number of carboxylic acids is 1. The molecule has 1 saturated heterocycles. The Morgan fingerprint density at radius 3 is 2.58 bits per heavy atom. The maximum Gasteiger partial charge on any atom is 0.335 e. The molecular weight excluding hydrogens is 498 g/mol. The largest absolute Gasteiger partial charge is 0.490 e. The molecule has 2 aliphatic rings. The highest BCUT2D eigenvalue weighted by Gasteiger charge is 2.42. The van der Waals surface area contributed by atoms with Crippen LogP contribution in [0.4, 0.5) is 5.69 Å². The highest BCUT2D eigenvalue weighted by atomic mass is 32.1. The molecule has 0 spiro atoms. The first-order valence-corrected chi connectivity index (χ1v) is 13.2. The first-order valence-electron chi connectivity index (χ1n) is 12.8. The molecule has 1 aliphatic carbocycles. The Balaban J connectivity index is 1.35. The molecule has 4 aromatic rings. The predicted octanol–water partition coefficient (Wildman–Crippen LogP) is 6.54. The second-order valence-corrected chi connectivity index (χ2v) is 9.99. The number of aromatic carboxylic acids is 1. The van der Waals surface area contributed by atoms with Crippen LogP contribution in [0.25, 0.3) is 11.3 Å². The minimum Gasteiger partial charge on any atom is -0.490 e. The van der Waals surface area contributed by atoms with Gasteiger partial charge in [-0.3, -0.25) is 4.98 Å². The zero-order chi connectivity index (χ0) is 26.1. The summed E-state index contributed by atoms with van der Waals surface area (Å²) in [4.78, 5) is 18.1. The Morgan fingerprint density at radius 2 is 1.84 bits per heavy atom. The lowest BCUT2D eigenvalue weighted by Gasteiger charge is -2.26. The summed E-state index contributed by atoms with van der Waals surface area (Å²) in [6.45, 7) is 0. The second kappa shape index (κ2) is 10.3. The third-order valence-electron chi connectivity index (χ3n) is 7.13. The SMILES string of the molecule is O=C(O)c1cccc(-c2ccc([C@H]3[C@@H](c4ccccn4)NC(=S)N3c3ccc(OC4CCCC4)cc3)o2)c1. The molecule has 2 N–H and O–H groups in total. The average Bonchev–Trinajstić information content (AvgIpc) is 3.70. The summed E-state index contributed by atoms with van der Waals surface area (Å²) in [6.07, 6.45) is 6.70. The summed E-state index contributed by atoms with van der Waals surface area (Å²) in [5.74, 6) is 1.15. The zero-order valence-corrected chi connectivity index (χ0v) is 21.4. The minimum atomic E-state index is -0.981. The molecule has 2 aromatic carbocycles. The number of thiocarbonyl (C=S) groups is 1. The smallest absolute Gasteiger partial charge is 0.335 e. The minimum absolute atomic E-state index is 0.206. The van der Waals surface area contributed by atoms with Gasteiger partial charge in [-0.2, -0.15) is 0 Å². The van der Waals surface area contributed by atoms with Crippen LogP contribution < -0.4 is 15.0 Å². The van der Waals surface area contributed by atoms with Crippen molar-refractivity contribution in [2.45, 2.75) is 43.9 Å². The molecule has 1 aliphatic heterocycles. The monoisotopic (exact) mass is 525 g/mol. The van der Waals surface area contributed by atoms with E-state index < -0.39 is 5.97 Å². The van der Waals surface area contributed by atoms with Crippen LogP contribution in [0, 0.1) is 0 Å². The molecule has 38 heavy (non-hydrogen) atoms. The molecular formula is C30H27N3O4S. The highest BCUT2D eigenvalue weighted by molar-refractivity contribution is 7.80. The third-order valence-corrected chi connectivity index (χ3v) is 7.44. The van der Waals surface area contributed by atoms with Crippen LogP contribution in [0.2, 0.25) is 0 Å². The van der Waals surface area contributed by atoms with Crippen LogP contribution in [0.3, 0.4) is 0 Å². The van der Waals surface area contributed by atoms with Gasteiger partial charge in [-0.25, -0.2) is 4.79 Å². The molecule has 2 atom stereocenters. The summed E-state index contributed by atoms with van der Waals surface area (Å²) < 4.78 is 12.5. The van der Waals surface area contributed by atoms with Crippen LogP contribution >= 0.6 is 12.2 Å². The summed E-state index contributed by atoms with van der Waals surface area (Å²) in [6, 6.07) is 23.8. The maximum atomic E-state index is 11.5. The number of nitrogens with zero attached hydrogens (tertiary/aromatic N) is 2. The van der Waals surface area contributed by atoms with Crippen LogP contribution in [0.1, 0.15) is 59.6 Å². The first-order chi connectivity index (χ1) is 18.6. The van der Waals surface area contributed by atoms with Gasteiger partial charge in [0.1, 0.15) is 23.3 Å². The van der Waals surface area contributed by atoms with E-state index in [2.05, 4.69) is 10.3 Å². The van der Waals surface area contributed by atoms with Crippen molar-refractivity contribution >= 4 is 29.0 Å². The molecule has 7 nitrogen and oxygen atoms in total. The van der Waals surface area contributed by atoms with Gasteiger partial charge in [-0.15, -0.1) is 0 Å². The van der Waals surface area contributed by atoms with E-state index in [0.29, 0.717) is 22.2 Å². The Bertz CT molecular complexity index is 1450. The van der Waals surface area contributed by atoms with Crippen molar-refractivity contribution in [3.8, 4) is 17.1 Å². The lowest BCUT2D eigenvalue weighted by molar-refractivity contribution is 0.0697. The van der Waals surface area contributed by atoms with E-state index in [-0.39, 0.29) is 23.8 Å². The zero-order valence-electron chi connectivity index (χ0n) is 20.6. The highest BCUT2D eigenvalue weighted by Crippen LogP contribution is 2.43. The average molecular weight is 526 g/mol. The van der Waals surface area contributed by atoms with Crippen molar-refractivity contribution in [2.75, 3.05) is 4.90 Å². The van der Waals surface area contributed by atoms with Crippen molar-refractivity contribution < 1.29 is 19.1 Å². The number of aromatic nitrogens is 1. The molecule has 192 valence electrons. The van der Waals surface area contributed by atoms with Crippen LogP contribution in [-0.2, 0) is 0 Å². The summed E-state index contributed by atoms with van der Waals surface area (Å²) >= 11 is 5.82. The molecule has 1 saturated carbocycles. The van der Waals surface area contributed by atoms with Crippen molar-refractivity contribution in [1.82, 2.24) is 10.3 Å². The third kappa shape index (κ3) is 4.75. The van der Waals surface area contributed by atoms with Crippen molar-refractivity contribution in [1.29, 1.82) is 0 Å². The standard InChI is InChI=1S/C30H27N3O4S/c34-29(35)20-7-5-6-19(18-20)25-15-16-26(37-25)28-27(24-10-3-4-17-31-24)32-30(38)33(28)21-11-13-23(14-12-21)36-22-8-1-2-9-22/h3-7,10-18,22,27-28H,1-2,8-9H2,(H,32,38)(H,34,35)/t27-,28+/m1/s1. The first kappa shape index (κ1) is 24.2. The fourth-order valence-electron chi connectivity index (χ4n) is 5.28. The van der Waals surface area contributed by atoms with Crippen molar-refractivity contribution in [3.05, 3.63) is 102 Å². The van der Waals surface area contributed by atoms with E-state index in [0.717, 1.165) is 30.0 Å². The summed E-state index contributed by atoms with van der Waals surface area (Å²) in [5.41, 5.74) is 2.65. The van der Waals surface area contributed by atoms with Gasteiger partial charge in [0.25, 0.3) is 0 Å². The van der Waals surface area contributed by atoms with Gasteiger partial charge in [0.15, 0.2) is 5.11 Å². The molecule has 0 unspecified atom stereocenters. The number of benzene rings is 2. The molecule has 2 fully saturated rings. The van der Waals surface area contributed by atoms with Crippen LogP contribution in [-0.4, -0.2) is 27.3 Å². The lowest BCUT2D eigenvalue weighted by atomic mass is 10.0. The molecule has 0 bridgehead atoms. The normalized spacial score (nSPS) is 19.5. The number of furan rings is 1. The molecule has 3 heterocycles. The van der Waals surface area contributed by atoms with Gasteiger partial charge in [0.05, 0.1) is 23.4 Å². The van der Waals surface area contributed by atoms with Crippen LogP contribution in [0.5, 0.6) is 5.75 Å². The number of rotatable bonds is 7. The van der Waals surface area contributed by atoms with Gasteiger partial charge in [-0.05, 0) is 98.6 Å². The van der Waals surface area contributed by atoms with E-state index in [4.69, 9.17) is 21.4 Å². The number of hydrogen-bond acceptors (Lipinski definition) is 5. The maximum absolute atomic E-state index is 11.5. The number of carbonyl (C=O) groups is 1. The van der Waals surface area contributed by atoms with E-state index in [1.54, 1.807) is 24.4 Å². The quantitative estimate of drug-likeness (QED) is 0.263.